The van der Waals surface area contributed by atoms with Crippen LogP contribution in [0.25, 0.3) is 10.2 Å². The van der Waals surface area contributed by atoms with Crippen molar-refractivity contribution >= 4 is 39.3 Å². The number of carbonyl (C=O) groups is 2. The molecule has 1 fully saturated rings. The standard InChI is InChI=1S/C14H15N3O4S/c1-7-9-11(17-4-2-3-8(5-17)13(18)19)15-6-16-12(9)22-10(7)14(20)21/h6,8H,2-5H2,1H3,(H,18,19)(H,20,21). The molecular formula is C14H15N3O4S. The van der Waals surface area contributed by atoms with Gasteiger partial charge in [0.25, 0.3) is 0 Å². The van der Waals surface area contributed by atoms with E-state index in [-0.39, 0.29) is 4.88 Å². The summed E-state index contributed by atoms with van der Waals surface area (Å²) >= 11 is 1.12. The van der Waals surface area contributed by atoms with Crippen LogP contribution in [0.4, 0.5) is 5.82 Å². The van der Waals surface area contributed by atoms with E-state index in [0.717, 1.165) is 23.1 Å². The minimum atomic E-state index is -0.978. The zero-order chi connectivity index (χ0) is 15.9. The zero-order valence-electron chi connectivity index (χ0n) is 11.9. The second-order valence-electron chi connectivity index (χ2n) is 5.36. The summed E-state index contributed by atoms with van der Waals surface area (Å²) in [4.78, 5) is 33.8. The molecule has 1 unspecified atom stereocenters. The van der Waals surface area contributed by atoms with Crippen molar-refractivity contribution in [2.45, 2.75) is 19.8 Å². The number of carboxylic acid groups (broad SMARTS) is 2. The van der Waals surface area contributed by atoms with Crippen LogP contribution in [0.2, 0.25) is 0 Å². The Morgan fingerprint density at radius 3 is 2.82 bits per heavy atom. The van der Waals surface area contributed by atoms with Gasteiger partial charge in [-0.05, 0) is 25.3 Å². The third-order valence-electron chi connectivity index (χ3n) is 3.97. The van der Waals surface area contributed by atoms with Crippen molar-refractivity contribution in [3.8, 4) is 0 Å². The van der Waals surface area contributed by atoms with E-state index in [9.17, 15) is 19.8 Å². The van der Waals surface area contributed by atoms with Crippen LogP contribution >= 0.6 is 11.3 Å². The van der Waals surface area contributed by atoms with Crippen molar-refractivity contribution in [1.29, 1.82) is 0 Å². The average Bonchev–Trinajstić information content (AvgIpc) is 2.85. The molecule has 0 radical (unpaired) electrons. The van der Waals surface area contributed by atoms with Gasteiger partial charge in [-0.15, -0.1) is 11.3 Å². The van der Waals surface area contributed by atoms with Gasteiger partial charge < -0.3 is 15.1 Å². The molecule has 0 aliphatic carbocycles. The van der Waals surface area contributed by atoms with Gasteiger partial charge >= 0.3 is 11.9 Å². The van der Waals surface area contributed by atoms with Crippen molar-refractivity contribution in [3.05, 3.63) is 16.8 Å². The Bertz CT molecular complexity index is 758. The van der Waals surface area contributed by atoms with E-state index in [1.165, 1.54) is 6.33 Å². The van der Waals surface area contributed by atoms with E-state index in [1.54, 1.807) is 6.92 Å². The van der Waals surface area contributed by atoms with Crippen LogP contribution in [0.15, 0.2) is 6.33 Å². The van der Waals surface area contributed by atoms with Crippen molar-refractivity contribution in [3.63, 3.8) is 0 Å². The molecule has 0 bridgehead atoms. The number of fused-ring (bicyclic) bond motifs is 1. The maximum atomic E-state index is 11.3. The third kappa shape index (κ3) is 2.39. The van der Waals surface area contributed by atoms with Crippen LogP contribution in [0.3, 0.4) is 0 Å². The van der Waals surface area contributed by atoms with Crippen LogP contribution in [-0.4, -0.2) is 45.2 Å². The number of rotatable bonds is 3. The molecule has 1 aliphatic heterocycles. The normalized spacial score (nSPS) is 18.6. The SMILES string of the molecule is Cc1c(C(=O)O)sc2ncnc(N3CCCC(C(=O)O)C3)c12. The fourth-order valence-electron chi connectivity index (χ4n) is 2.87. The molecular weight excluding hydrogens is 306 g/mol. The van der Waals surface area contributed by atoms with Gasteiger partial charge in [-0.2, -0.15) is 0 Å². The topological polar surface area (TPSA) is 104 Å². The van der Waals surface area contributed by atoms with E-state index in [0.29, 0.717) is 35.7 Å². The molecule has 0 saturated carbocycles. The number of hydrogen-bond acceptors (Lipinski definition) is 6. The molecule has 0 aromatic carbocycles. The first kappa shape index (κ1) is 14.7. The number of nitrogens with zero attached hydrogens (tertiary/aromatic N) is 3. The van der Waals surface area contributed by atoms with Gasteiger partial charge in [0.1, 0.15) is 21.9 Å². The first-order valence-electron chi connectivity index (χ1n) is 6.94. The molecule has 7 nitrogen and oxygen atoms in total. The van der Waals surface area contributed by atoms with Gasteiger partial charge in [-0.1, -0.05) is 0 Å². The first-order chi connectivity index (χ1) is 10.5. The number of aliphatic carboxylic acids is 1. The number of aromatic nitrogens is 2. The van der Waals surface area contributed by atoms with Crippen molar-refractivity contribution in [1.82, 2.24) is 9.97 Å². The van der Waals surface area contributed by atoms with Crippen LogP contribution in [0.1, 0.15) is 28.1 Å². The van der Waals surface area contributed by atoms with E-state index in [2.05, 4.69) is 9.97 Å². The van der Waals surface area contributed by atoms with Crippen LogP contribution in [-0.2, 0) is 4.79 Å². The van der Waals surface area contributed by atoms with Gasteiger partial charge in [-0.25, -0.2) is 14.8 Å². The maximum Gasteiger partial charge on any atom is 0.346 e. The Morgan fingerprint density at radius 1 is 1.36 bits per heavy atom. The smallest absolute Gasteiger partial charge is 0.346 e. The Hall–Kier alpha value is -2.22. The lowest BCUT2D eigenvalue weighted by atomic mass is 9.98. The average molecular weight is 321 g/mol. The van der Waals surface area contributed by atoms with Gasteiger partial charge in [0.05, 0.1) is 11.3 Å². The molecule has 8 heteroatoms. The van der Waals surface area contributed by atoms with Crippen molar-refractivity contribution in [2.24, 2.45) is 5.92 Å². The molecule has 2 aromatic rings. The molecule has 22 heavy (non-hydrogen) atoms. The second-order valence-corrected chi connectivity index (χ2v) is 6.36. The molecule has 0 spiro atoms. The number of piperidine rings is 1. The van der Waals surface area contributed by atoms with Gasteiger partial charge in [0, 0.05) is 13.1 Å². The number of aromatic carboxylic acids is 1. The first-order valence-corrected chi connectivity index (χ1v) is 7.76. The number of anilines is 1. The van der Waals surface area contributed by atoms with Gasteiger partial charge in [0.15, 0.2) is 0 Å². The fourth-order valence-corrected chi connectivity index (χ4v) is 3.85. The molecule has 1 atom stereocenters. The van der Waals surface area contributed by atoms with Crippen molar-refractivity contribution in [2.75, 3.05) is 18.0 Å². The highest BCUT2D eigenvalue weighted by Crippen LogP contribution is 2.36. The summed E-state index contributed by atoms with van der Waals surface area (Å²) in [5, 5.41) is 19.2. The van der Waals surface area contributed by atoms with Crippen LogP contribution in [0.5, 0.6) is 0 Å². The number of thiophene rings is 1. The molecule has 116 valence electrons. The van der Waals surface area contributed by atoms with E-state index in [1.807, 2.05) is 4.90 Å². The Labute approximate surface area is 130 Å². The summed E-state index contributed by atoms with van der Waals surface area (Å²) in [5.74, 6) is -1.56. The van der Waals surface area contributed by atoms with Crippen molar-refractivity contribution < 1.29 is 19.8 Å². The molecule has 3 heterocycles. The predicted octanol–water partition coefficient (Wildman–Crippen LogP) is 2.00. The van der Waals surface area contributed by atoms with Crippen LogP contribution in [0, 0.1) is 12.8 Å². The minimum Gasteiger partial charge on any atom is -0.481 e. The Morgan fingerprint density at radius 2 is 2.14 bits per heavy atom. The molecule has 2 aromatic heterocycles. The van der Waals surface area contributed by atoms with Crippen LogP contribution < -0.4 is 4.90 Å². The molecule has 1 saturated heterocycles. The third-order valence-corrected chi connectivity index (χ3v) is 5.16. The van der Waals surface area contributed by atoms with E-state index in [4.69, 9.17) is 0 Å². The lowest BCUT2D eigenvalue weighted by Gasteiger charge is -2.32. The zero-order valence-corrected chi connectivity index (χ0v) is 12.8. The highest BCUT2D eigenvalue weighted by molar-refractivity contribution is 7.20. The summed E-state index contributed by atoms with van der Waals surface area (Å²) in [7, 11) is 0. The quantitative estimate of drug-likeness (QED) is 0.891. The summed E-state index contributed by atoms with van der Waals surface area (Å²) in [6.45, 7) is 2.85. The van der Waals surface area contributed by atoms with Gasteiger partial charge in [-0.3, -0.25) is 4.79 Å². The van der Waals surface area contributed by atoms with Gasteiger partial charge in [0.2, 0.25) is 0 Å². The lowest BCUT2D eigenvalue weighted by Crippen LogP contribution is -2.39. The summed E-state index contributed by atoms with van der Waals surface area (Å²) in [5.41, 5.74) is 0.639. The fraction of sp³-hybridized carbons (Fsp3) is 0.429. The number of aryl methyl sites for hydroxylation is 1. The molecule has 0 amide bonds. The monoisotopic (exact) mass is 321 g/mol. The summed E-state index contributed by atoms with van der Waals surface area (Å²) in [6, 6.07) is 0. The largest absolute Gasteiger partial charge is 0.481 e. The molecule has 1 aliphatic rings. The maximum absolute atomic E-state index is 11.3. The molecule has 2 N–H and O–H groups in total. The number of hydrogen-bond donors (Lipinski definition) is 2. The van der Waals surface area contributed by atoms with E-state index >= 15 is 0 Å². The second kappa shape index (κ2) is 5.53. The van der Waals surface area contributed by atoms with E-state index < -0.39 is 17.9 Å². The summed E-state index contributed by atoms with van der Waals surface area (Å²) in [6.07, 6.45) is 2.84. The lowest BCUT2D eigenvalue weighted by molar-refractivity contribution is -0.141. The summed E-state index contributed by atoms with van der Waals surface area (Å²) < 4.78 is 0. The highest BCUT2D eigenvalue weighted by atomic mass is 32.1. The predicted molar refractivity (Wildman–Crippen MR) is 81.7 cm³/mol. The number of carboxylic acids is 2. The Balaban J connectivity index is 2.07. The molecule has 3 rings (SSSR count). The highest BCUT2D eigenvalue weighted by Gasteiger charge is 2.28. The Kier molecular flexibility index (Phi) is 3.69. The minimum absolute atomic E-state index is 0.253.